The summed E-state index contributed by atoms with van der Waals surface area (Å²) in [5, 5.41) is 0. The summed E-state index contributed by atoms with van der Waals surface area (Å²) in [4.78, 5) is 6.71. The van der Waals surface area contributed by atoms with Crippen LogP contribution in [0.4, 0.5) is 4.39 Å². The minimum atomic E-state index is -0.316. The summed E-state index contributed by atoms with van der Waals surface area (Å²) < 4.78 is 13.6. The van der Waals surface area contributed by atoms with Gasteiger partial charge in [0.05, 0.1) is 5.69 Å². The molecule has 0 aliphatic heterocycles. The Bertz CT molecular complexity index is 616. The van der Waals surface area contributed by atoms with Crippen molar-refractivity contribution in [2.45, 2.75) is 20.0 Å². The zero-order valence-electron chi connectivity index (χ0n) is 11.9. The first-order chi connectivity index (χ1) is 10.1. The Morgan fingerprint density at radius 3 is 2.71 bits per heavy atom. The normalized spacial score (nSPS) is 10.8. The number of hydrogen-bond donors (Lipinski definition) is 1. The zero-order valence-corrected chi connectivity index (χ0v) is 12.7. The highest BCUT2D eigenvalue weighted by atomic mass is 32.1. The number of halogens is 1. The fourth-order valence-electron chi connectivity index (χ4n) is 2.14. The van der Waals surface area contributed by atoms with Crippen LogP contribution in [0, 0.1) is 5.82 Å². The second-order valence-corrected chi connectivity index (χ2v) is 5.28. The average Bonchev–Trinajstić information content (AvgIpc) is 2.47. The molecule has 0 atom stereocenters. The molecule has 0 fully saturated rings. The molecule has 0 radical (unpaired) electrons. The Labute approximate surface area is 129 Å². The molecule has 0 aliphatic rings. The summed E-state index contributed by atoms with van der Waals surface area (Å²) in [5.74, 6) is -0.316. The lowest BCUT2D eigenvalue weighted by Gasteiger charge is -2.20. The number of benzene rings is 1. The van der Waals surface area contributed by atoms with Gasteiger partial charge in [-0.3, -0.25) is 9.88 Å². The van der Waals surface area contributed by atoms with Crippen molar-refractivity contribution in [1.29, 1.82) is 0 Å². The van der Waals surface area contributed by atoms with Crippen molar-refractivity contribution in [1.82, 2.24) is 9.88 Å². The van der Waals surface area contributed by atoms with Gasteiger partial charge in [-0.2, -0.15) is 0 Å². The number of pyridine rings is 1. The molecule has 0 amide bonds. The van der Waals surface area contributed by atoms with E-state index in [0.717, 1.165) is 24.3 Å². The maximum Gasteiger partial charge on any atom is 0.124 e. The highest BCUT2D eigenvalue weighted by Gasteiger charge is 2.09. The quantitative estimate of drug-likeness (QED) is 0.833. The van der Waals surface area contributed by atoms with Gasteiger partial charge in [0.25, 0.3) is 0 Å². The maximum absolute atomic E-state index is 13.6. The van der Waals surface area contributed by atoms with E-state index in [2.05, 4.69) is 16.8 Å². The molecule has 0 spiro atoms. The van der Waals surface area contributed by atoms with E-state index in [9.17, 15) is 4.39 Å². The van der Waals surface area contributed by atoms with Crippen molar-refractivity contribution in [3.63, 3.8) is 0 Å². The van der Waals surface area contributed by atoms with Crippen LogP contribution in [0.3, 0.4) is 0 Å². The molecule has 3 nitrogen and oxygen atoms in total. The fourth-order valence-corrected chi connectivity index (χ4v) is 2.26. The van der Waals surface area contributed by atoms with Gasteiger partial charge in [0, 0.05) is 24.8 Å². The maximum atomic E-state index is 13.6. The smallest absolute Gasteiger partial charge is 0.124 e. The molecule has 21 heavy (non-hydrogen) atoms. The molecule has 0 saturated heterocycles. The molecule has 0 saturated carbocycles. The molecular formula is C16H18FN3S. The molecule has 2 aromatic rings. The van der Waals surface area contributed by atoms with Gasteiger partial charge in [-0.15, -0.1) is 0 Å². The monoisotopic (exact) mass is 303 g/mol. The Balaban J connectivity index is 2.13. The highest BCUT2D eigenvalue weighted by molar-refractivity contribution is 7.80. The molecule has 1 heterocycles. The van der Waals surface area contributed by atoms with E-state index in [1.807, 2.05) is 24.3 Å². The second-order valence-electron chi connectivity index (χ2n) is 4.84. The molecule has 110 valence electrons. The van der Waals surface area contributed by atoms with Crippen molar-refractivity contribution in [2.75, 3.05) is 6.54 Å². The lowest BCUT2D eigenvalue weighted by Crippen LogP contribution is -2.23. The molecule has 5 heteroatoms. The molecular weight excluding hydrogens is 285 g/mol. The molecule has 0 unspecified atom stereocenters. The summed E-state index contributed by atoms with van der Waals surface area (Å²) in [7, 11) is 0. The molecule has 1 aromatic heterocycles. The summed E-state index contributed by atoms with van der Waals surface area (Å²) in [6.07, 6.45) is 1.77. The van der Waals surface area contributed by atoms with Crippen LogP contribution in [0.15, 0.2) is 42.6 Å². The molecule has 0 aliphatic carbocycles. The third-order valence-corrected chi connectivity index (χ3v) is 3.44. The van der Waals surface area contributed by atoms with Crippen LogP contribution in [0.1, 0.15) is 23.7 Å². The van der Waals surface area contributed by atoms with Crippen LogP contribution in [0.5, 0.6) is 0 Å². The minimum absolute atomic E-state index is 0.212. The van der Waals surface area contributed by atoms with Crippen LogP contribution in [-0.2, 0) is 13.1 Å². The Morgan fingerprint density at radius 1 is 1.29 bits per heavy atom. The van der Waals surface area contributed by atoms with E-state index in [4.69, 9.17) is 18.0 Å². The lowest BCUT2D eigenvalue weighted by atomic mass is 10.1. The first kappa shape index (κ1) is 15.5. The van der Waals surface area contributed by atoms with Gasteiger partial charge in [0.1, 0.15) is 10.8 Å². The summed E-state index contributed by atoms with van der Waals surface area (Å²) in [5.41, 5.74) is 7.99. The summed E-state index contributed by atoms with van der Waals surface area (Å²) >= 11 is 4.92. The Morgan fingerprint density at radius 2 is 2.10 bits per heavy atom. The van der Waals surface area contributed by atoms with Crippen molar-refractivity contribution >= 4 is 17.2 Å². The van der Waals surface area contributed by atoms with Gasteiger partial charge in [-0.1, -0.05) is 25.2 Å². The molecule has 1 aromatic carbocycles. The first-order valence-electron chi connectivity index (χ1n) is 6.80. The standard InChI is InChI=1S/C16H18FN3S/c1-2-20(11-15-5-3-4-6-19-15)10-12-7-13(16(18)21)9-14(17)8-12/h3-9H,2,10-11H2,1H3,(H2,18,21). The summed E-state index contributed by atoms with van der Waals surface area (Å²) in [6, 6.07) is 10.6. The van der Waals surface area contributed by atoms with Crippen LogP contribution >= 0.6 is 12.2 Å². The van der Waals surface area contributed by atoms with E-state index in [1.165, 1.54) is 12.1 Å². The SMILES string of the molecule is CCN(Cc1cc(F)cc(C(N)=S)c1)Cc1ccccn1. The number of thiocarbonyl (C=S) groups is 1. The predicted molar refractivity (Wildman–Crippen MR) is 86.3 cm³/mol. The average molecular weight is 303 g/mol. The van der Waals surface area contributed by atoms with Gasteiger partial charge in [0.2, 0.25) is 0 Å². The van der Waals surface area contributed by atoms with Crippen LogP contribution in [0.25, 0.3) is 0 Å². The largest absolute Gasteiger partial charge is 0.389 e. The van der Waals surface area contributed by atoms with Crippen LogP contribution in [0.2, 0.25) is 0 Å². The van der Waals surface area contributed by atoms with E-state index in [1.54, 1.807) is 6.20 Å². The van der Waals surface area contributed by atoms with E-state index in [-0.39, 0.29) is 10.8 Å². The van der Waals surface area contributed by atoms with Gasteiger partial charge >= 0.3 is 0 Å². The first-order valence-corrected chi connectivity index (χ1v) is 7.21. The van der Waals surface area contributed by atoms with Crippen molar-refractivity contribution in [3.8, 4) is 0 Å². The van der Waals surface area contributed by atoms with Gasteiger partial charge in [-0.25, -0.2) is 4.39 Å². The predicted octanol–water partition coefficient (Wildman–Crippen LogP) is 2.88. The molecule has 2 N–H and O–H groups in total. The van der Waals surface area contributed by atoms with Gasteiger partial charge < -0.3 is 5.73 Å². The third-order valence-electron chi connectivity index (χ3n) is 3.21. The van der Waals surface area contributed by atoms with E-state index < -0.39 is 0 Å². The molecule has 2 rings (SSSR count). The number of hydrogen-bond acceptors (Lipinski definition) is 3. The van der Waals surface area contributed by atoms with Crippen molar-refractivity contribution < 1.29 is 4.39 Å². The minimum Gasteiger partial charge on any atom is -0.389 e. The van der Waals surface area contributed by atoms with E-state index in [0.29, 0.717) is 12.1 Å². The number of nitrogens with two attached hydrogens (primary N) is 1. The van der Waals surface area contributed by atoms with Crippen LogP contribution < -0.4 is 5.73 Å². The van der Waals surface area contributed by atoms with Crippen molar-refractivity contribution in [3.05, 3.63) is 65.2 Å². The fraction of sp³-hybridized carbons (Fsp3) is 0.250. The lowest BCUT2D eigenvalue weighted by molar-refractivity contribution is 0.268. The Hall–Kier alpha value is -1.85. The van der Waals surface area contributed by atoms with Crippen LogP contribution in [-0.4, -0.2) is 21.4 Å². The Kier molecular flexibility index (Phi) is 5.36. The van der Waals surface area contributed by atoms with Crippen molar-refractivity contribution in [2.24, 2.45) is 5.73 Å². The third kappa shape index (κ3) is 4.58. The molecule has 0 bridgehead atoms. The second kappa shape index (κ2) is 7.24. The van der Waals surface area contributed by atoms with Gasteiger partial charge in [-0.05, 0) is 42.4 Å². The summed E-state index contributed by atoms with van der Waals surface area (Å²) in [6.45, 7) is 4.25. The number of nitrogens with zero attached hydrogens (tertiary/aromatic N) is 2. The van der Waals surface area contributed by atoms with Gasteiger partial charge in [0.15, 0.2) is 0 Å². The van der Waals surface area contributed by atoms with E-state index >= 15 is 0 Å². The highest BCUT2D eigenvalue weighted by Crippen LogP contribution is 2.13. The number of aromatic nitrogens is 1. The topological polar surface area (TPSA) is 42.1 Å². The zero-order chi connectivity index (χ0) is 15.2. The number of rotatable bonds is 6.